The second-order valence-electron chi connectivity index (χ2n) is 7.12. The number of nitrogens with zero attached hydrogens (tertiary/aromatic N) is 3. The molecule has 2 aromatic carbocycles. The van der Waals surface area contributed by atoms with Gasteiger partial charge in [-0.25, -0.2) is 14.8 Å². The predicted molar refractivity (Wildman–Crippen MR) is 122 cm³/mol. The maximum absolute atomic E-state index is 12.8. The van der Waals surface area contributed by atoms with Gasteiger partial charge in [0.2, 0.25) is 5.95 Å². The lowest BCUT2D eigenvalue weighted by Gasteiger charge is -2.16. The topological polar surface area (TPSA) is 59.4 Å². The summed E-state index contributed by atoms with van der Waals surface area (Å²) in [5.41, 5.74) is 2.65. The average Bonchev–Trinajstić information content (AvgIpc) is 2.79. The largest absolute Gasteiger partial charge is 0.461 e. The van der Waals surface area contributed by atoms with Crippen LogP contribution in [-0.2, 0) is 6.18 Å². The first-order chi connectivity index (χ1) is 17.1. The van der Waals surface area contributed by atoms with Crippen molar-refractivity contribution in [3.63, 3.8) is 0 Å². The zero-order valence-corrected chi connectivity index (χ0v) is 20.2. The van der Waals surface area contributed by atoms with Crippen molar-refractivity contribution in [3.8, 4) is 5.75 Å². The van der Waals surface area contributed by atoms with E-state index in [1.54, 1.807) is 6.92 Å². The molecular formula is C22H16Cl2F8N4O. The van der Waals surface area contributed by atoms with Gasteiger partial charge < -0.3 is 4.74 Å². The molecule has 5 nitrogen and oxygen atoms in total. The van der Waals surface area contributed by atoms with Gasteiger partial charge in [-0.05, 0) is 55.8 Å². The number of anilines is 1. The number of hydrogen-bond donors (Lipinski definition) is 1. The zero-order valence-electron chi connectivity index (χ0n) is 18.7. The molecule has 0 atom stereocenters. The molecule has 0 amide bonds. The monoisotopic (exact) mass is 574 g/mol. The van der Waals surface area contributed by atoms with Gasteiger partial charge in [0.05, 0.1) is 22.5 Å². The van der Waals surface area contributed by atoms with E-state index in [0.29, 0.717) is 16.8 Å². The number of hydrogen-bond acceptors (Lipinski definition) is 5. The summed E-state index contributed by atoms with van der Waals surface area (Å²) in [4.78, 5) is 7.87. The van der Waals surface area contributed by atoms with Crippen LogP contribution in [0.4, 0.5) is 41.1 Å². The van der Waals surface area contributed by atoms with Crippen molar-refractivity contribution in [3.05, 3.63) is 80.8 Å². The number of nitrogens with one attached hydrogen (secondary N) is 1. The summed E-state index contributed by atoms with van der Waals surface area (Å²) in [6.45, 7) is 3.12. The maximum atomic E-state index is 12.8. The Labute approximate surface area is 215 Å². The molecule has 0 aliphatic carbocycles. The summed E-state index contributed by atoms with van der Waals surface area (Å²) >= 11 is 11.6. The van der Waals surface area contributed by atoms with E-state index >= 15 is 0 Å². The van der Waals surface area contributed by atoms with E-state index in [1.165, 1.54) is 31.3 Å². The standard InChI is InChI=1S/C14H10Cl2F4N4O.C8H6F4/c1-7-10(15)11(16)23-13(22-7)24-21-6-8-2-4-9(5-3-8)25-14(19,20)12(17)18;1-5-2-3-7(9)6(4-5)8(10,11)12/h2-6,12H,1H3,(H,22,23,24);2-4H,1H3/b21-6+;. The van der Waals surface area contributed by atoms with Gasteiger partial charge in [0.25, 0.3) is 0 Å². The fourth-order valence-electron chi connectivity index (χ4n) is 2.42. The Balaban J connectivity index is 0.000000335. The summed E-state index contributed by atoms with van der Waals surface area (Å²) in [5.74, 6) is -1.52. The molecule has 0 saturated heterocycles. The minimum Gasteiger partial charge on any atom is -0.428 e. The van der Waals surface area contributed by atoms with Crippen LogP contribution in [0.5, 0.6) is 5.75 Å². The van der Waals surface area contributed by atoms with E-state index in [4.69, 9.17) is 23.2 Å². The van der Waals surface area contributed by atoms with E-state index < -0.39 is 35.8 Å². The molecule has 3 rings (SSSR count). The SMILES string of the molecule is Cc1ccc(F)c(C(F)(F)F)c1.Cc1nc(N/N=C/c2ccc(OC(F)(F)C(F)F)cc2)nc(Cl)c1Cl. The van der Waals surface area contributed by atoms with Crippen molar-refractivity contribution >= 4 is 35.4 Å². The molecule has 3 aromatic rings. The number of halogens is 10. The highest BCUT2D eigenvalue weighted by Crippen LogP contribution is 2.31. The van der Waals surface area contributed by atoms with E-state index in [2.05, 4.69) is 25.2 Å². The van der Waals surface area contributed by atoms with E-state index in [-0.39, 0.29) is 16.1 Å². The normalized spacial score (nSPS) is 11.9. The fourth-order valence-corrected chi connectivity index (χ4v) is 2.72. The van der Waals surface area contributed by atoms with Crippen LogP contribution in [-0.4, -0.2) is 28.7 Å². The number of rotatable bonds is 6. The van der Waals surface area contributed by atoms with Gasteiger partial charge in [-0.15, -0.1) is 0 Å². The van der Waals surface area contributed by atoms with Crippen molar-refractivity contribution < 1.29 is 39.9 Å². The summed E-state index contributed by atoms with van der Waals surface area (Å²) in [5, 5.41) is 4.14. The van der Waals surface area contributed by atoms with E-state index in [9.17, 15) is 35.1 Å². The van der Waals surface area contributed by atoms with Crippen molar-refractivity contribution in [1.82, 2.24) is 9.97 Å². The van der Waals surface area contributed by atoms with E-state index in [1.807, 2.05) is 0 Å². The van der Waals surface area contributed by atoms with Crippen LogP contribution in [0.2, 0.25) is 10.2 Å². The van der Waals surface area contributed by atoms with Gasteiger partial charge in [0.15, 0.2) is 5.15 Å². The van der Waals surface area contributed by atoms with Gasteiger partial charge in [-0.1, -0.05) is 34.8 Å². The second kappa shape index (κ2) is 12.4. The molecule has 0 unspecified atom stereocenters. The highest BCUT2D eigenvalue weighted by Gasteiger charge is 2.43. The third-order valence-corrected chi connectivity index (χ3v) is 4.99. The lowest BCUT2D eigenvalue weighted by molar-refractivity contribution is -0.253. The van der Waals surface area contributed by atoms with Crippen molar-refractivity contribution in [1.29, 1.82) is 0 Å². The van der Waals surface area contributed by atoms with Crippen LogP contribution in [0.3, 0.4) is 0 Å². The Hall–Kier alpha value is -3.19. The van der Waals surface area contributed by atoms with Crippen LogP contribution >= 0.6 is 23.2 Å². The van der Waals surface area contributed by atoms with Gasteiger partial charge in [-0.2, -0.15) is 40.8 Å². The third kappa shape index (κ3) is 9.01. The Morgan fingerprint density at radius 2 is 1.59 bits per heavy atom. The van der Waals surface area contributed by atoms with Gasteiger partial charge in [0.1, 0.15) is 11.6 Å². The number of aryl methyl sites for hydroxylation is 2. The molecule has 0 saturated carbocycles. The lowest BCUT2D eigenvalue weighted by Crippen LogP contribution is -2.33. The number of ether oxygens (including phenoxy) is 1. The molecule has 0 fully saturated rings. The van der Waals surface area contributed by atoms with E-state index in [0.717, 1.165) is 24.3 Å². The molecule has 37 heavy (non-hydrogen) atoms. The van der Waals surface area contributed by atoms with Crippen LogP contribution in [0.15, 0.2) is 47.6 Å². The van der Waals surface area contributed by atoms with Crippen LogP contribution in [0, 0.1) is 19.7 Å². The van der Waals surface area contributed by atoms with Crippen molar-refractivity contribution in [2.24, 2.45) is 5.10 Å². The first-order valence-corrected chi connectivity index (χ1v) is 10.6. The molecule has 1 heterocycles. The Kier molecular flexibility index (Phi) is 10.0. The smallest absolute Gasteiger partial charge is 0.428 e. The zero-order chi connectivity index (χ0) is 28.0. The molecular weight excluding hydrogens is 559 g/mol. The number of aromatic nitrogens is 2. The first-order valence-electron chi connectivity index (χ1n) is 9.87. The summed E-state index contributed by atoms with van der Waals surface area (Å²) in [7, 11) is 0. The summed E-state index contributed by atoms with van der Waals surface area (Å²) in [6, 6.07) is 7.82. The highest BCUT2D eigenvalue weighted by atomic mass is 35.5. The molecule has 0 aliphatic heterocycles. The summed E-state index contributed by atoms with van der Waals surface area (Å²) in [6.07, 6.45) is -11.8. The molecule has 0 bridgehead atoms. The molecule has 1 aromatic heterocycles. The minimum absolute atomic E-state index is 0.0633. The van der Waals surface area contributed by atoms with Gasteiger partial charge in [-0.3, -0.25) is 0 Å². The fraction of sp³-hybridized carbons (Fsp3) is 0.227. The second-order valence-corrected chi connectivity index (χ2v) is 7.86. The number of hydrazone groups is 1. The lowest BCUT2D eigenvalue weighted by atomic mass is 10.1. The first kappa shape index (κ1) is 30.0. The molecule has 15 heteroatoms. The molecule has 0 spiro atoms. The highest BCUT2D eigenvalue weighted by molar-refractivity contribution is 6.41. The molecule has 0 aliphatic rings. The third-order valence-electron chi connectivity index (χ3n) is 4.17. The van der Waals surface area contributed by atoms with Crippen LogP contribution < -0.4 is 10.2 Å². The maximum Gasteiger partial charge on any atom is 0.461 e. The van der Waals surface area contributed by atoms with Gasteiger partial charge >= 0.3 is 18.7 Å². The number of alkyl halides is 7. The van der Waals surface area contributed by atoms with Crippen LogP contribution in [0.25, 0.3) is 0 Å². The quantitative estimate of drug-likeness (QED) is 0.140. The molecule has 0 radical (unpaired) electrons. The van der Waals surface area contributed by atoms with Gasteiger partial charge in [0, 0.05) is 0 Å². The minimum atomic E-state index is -4.60. The molecule has 1 N–H and O–H groups in total. The Morgan fingerprint density at radius 1 is 0.973 bits per heavy atom. The van der Waals surface area contributed by atoms with Crippen molar-refractivity contribution in [2.45, 2.75) is 32.6 Å². The Morgan fingerprint density at radius 3 is 2.11 bits per heavy atom. The predicted octanol–water partition coefficient (Wildman–Crippen LogP) is 7.93. The van der Waals surface area contributed by atoms with Crippen LogP contribution in [0.1, 0.15) is 22.4 Å². The Bertz CT molecular complexity index is 1220. The van der Waals surface area contributed by atoms with Crippen molar-refractivity contribution in [2.75, 3.05) is 5.43 Å². The number of benzene rings is 2. The molecule has 200 valence electrons. The average molecular weight is 575 g/mol. The summed E-state index contributed by atoms with van der Waals surface area (Å²) < 4.78 is 102.